The molecule has 1 aliphatic rings. The Morgan fingerprint density at radius 3 is 2.66 bits per heavy atom. The number of ether oxygens (including phenoxy) is 1. The zero-order valence-electron chi connectivity index (χ0n) is 16.0. The van der Waals surface area contributed by atoms with Crippen LogP contribution in [0.25, 0.3) is 10.6 Å². The maximum atomic E-state index is 12.9. The van der Waals surface area contributed by atoms with Crippen molar-refractivity contribution in [1.82, 2.24) is 14.3 Å². The molecule has 0 bridgehead atoms. The van der Waals surface area contributed by atoms with Crippen LogP contribution in [0.4, 0.5) is 11.6 Å². The summed E-state index contributed by atoms with van der Waals surface area (Å²) in [6, 6.07) is 12.8. The van der Waals surface area contributed by atoms with E-state index in [1.165, 1.54) is 11.3 Å². The molecule has 0 aliphatic carbocycles. The lowest BCUT2D eigenvalue weighted by molar-refractivity contribution is 0.347. The van der Waals surface area contributed by atoms with Gasteiger partial charge in [0.05, 0.1) is 23.4 Å². The van der Waals surface area contributed by atoms with Crippen molar-refractivity contribution in [2.24, 2.45) is 0 Å². The molecule has 3 heterocycles. The van der Waals surface area contributed by atoms with Gasteiger partial charge in [-0.05, 0) is 43.2 Å². The lowest BCUT2D eigenvalue weighted by atomic mass is 10.2. The van der Waals surface area contributed by atoms with Crippen molar-refractivity contribution in [3.8, 4) is 16.3 Å². The quantitative estimate of drug-likeness (QED) is 0.633. The summed E-state index contributed by atoms with van der Waals surface area (Å²) in [7, 11) is -1.84. The average Bonchev–Trinajstić information content (AvgIpc) is 3.26. The summed E-state index contributed by atoms with van der Waals surface area (Å²) >= 11 is 1.24. The first-order valence-electron chi connectivity index (χ1n) is 9.41. The van der Waals surface area contributed by atoms with E-state index in [2.05, 4.69) is 15.3 Å². The molecule has 0 atom stereocenters. The summed E-state index contributed by atoms with van der Waals surface area (Å²) in [4.78, 5) is 9.59. The number of hydrogen-bond donors (Lipinski definition) is 1. The highest BCUT2D eigenvalue weighted by atomic mass is 32.2. The largest absolute Gasteiger partial charge is 0.495 e. The standard InChI is InChI=1S/C20H22N4O3S2/c1-27-17-8-4-3-7-15(17)22-20-21-12-11-16(23-20)18-9-10-19(28-18)29(25,26)24-13-5-2-6-14-24/h3-4,7-12H,2,5-6,13-14H2,1H3,(H,21,22,23). The summed E-state index contributed by atoms with van der Waals surface area (Å²) in [6.07, 6.45) is 4.58. The molecule has 0 spiro atoms. The Bertz CT molecular complexity index is 1090. The predicted molar refractivity (Wildman–Crippen MR) is 114 cm³/mol. The first-order valence-corrected chi connectivity index (χ1v) is 11.7. The number of nitrogens with one attached hydrogen (secondary N) is 1. The van der Waals surface area contributed by atoms with E-state index in [0.717, 1.165) is 29.8 Å². The summed E-state index contributed by atoms with van der Waals surface area (Å²) in [5.41, 5.74) is 1.43. The van der Waals surface area contributed by atoms with E-state index in [-0.39, 0.29) is 0 Å². The highest BCUT2D eigenvalue weighted by Gasteiger charge is 2.27. The SMILES string of the molecule is COc1ccccc1Nc1nccc(-c2ccc(S(=O)(=O)N3CCCCC3)s2)n1. The van der Waals surface area contributed by atoms with Gasteiger partial charge in [-0.25, -0.2) is 18.4 Å². The van der Waals surface area contributed by atoms with Gasteiger partial charge >= 0.3 is 0 Å². The van der Waals surface area contributed by atoms with E-state index >= 15 is 0 Å². The number of piperidine rings is 1. The van der Waals surface area contributed by atoms with Crippen molar-refractivity contribution >= 4 is 33.0 Å². The van der Waals surface area contributed by atoms with Gasteiger partial charge in [-0.1, -0.05) is 18.6 Å². The second kappa shape index (κ2) is 8.48. The molecule has 1 fully saturated rings. The maximum Gasteiger partial charge on any atom is 0.252 e. The molecule has 0 radical (unpaired) electrons. The van der Waals surface area contributed by atoms with Gasteiger partial charge in [0.1, 0.15) is 9.96 Å². The summed E-state index contributed by atoms with van der Waals surface area (Å²) in [6.45, 7) is 1.19. The first-order chi connectivity index (χ1) is 14.1. The average molecular weight is 431 g/mol. The van der Waals surface area contributed by atoms with Crippen LogP contribution in [-0.2, 0) is 10.0 Å². The van der Waals surface area contributed by atoms with Crippen LogP contribution < -0.4 is 10.1 Å². The highest BCUT2D eigenvalue weighted by molar-refractivity contribution is 7.91. The fourth-order valence-electron chi connectivity index (χ4n) is 3.25. The Morgan fingerprint density at radius 1 is 1.07 bits per heavy atom. The number of nitrogens with zero attached hydrogens (tertiary/aromatic N) is 3. The number of anilines is 2. The van der Waals surface area contributed by atoms with Crippen LogP contribution in [0, 0.1) is 0 Å². The molecule has 0 amide bonds. The lowest BCUT2D eigenvalue weighted by Gasteiger charge is -2.25. The molecule has 2 aromatic heterocycles. The van der Waals surface area contributed by atoms with E-state index in [4.69, 9.17) is 4.74 Å². The molecule has 29 heavy (non-hydrogen) atoms. The second-order valence-electron chi connectivity index (χ2n) is 6.67. The molecular formula is C20H22N4O3S2. The zero-order chi connectivity index (χ0) is 20.3. The Kier molecular flexibility index (Phi) is 5.79. The van der Waals surface area contributed by atoms with Crippen LogP contribution in [0.3, 0.4) is 0 Å². The molecule has 152 valence electrons. The third-order valence-electron chi connectivity index (χ3n) is 4.75. The Hall–Kier alpha value is -2.49. The van der Waals surface area contributed by atoms with Gasteiger partial charge in [-0.3, -0.25) is 0 Å². The molecule has 0 saturated carbocycles. The summed E-state index contributed by atoms with van der Waals surface area (Å²) < 4.78 is 33.1. The number of hydrogen-bond acceptors (Lipinski definition) is 7. The van der Waals surface area contributed by atoms with Crippen LogP contribution in [-0.4, -0.2) is 42.9 Å². The van der Waals surface area contributed by atoms with Gasteiger partial charge in [0.2, 0.25) is 5.95 Å². The maximum absolute atomic E-state index is 12.9. The van der Waals surface area contributed by atoms with Crippen molar-refractivity contribution in [2.45, 2.75) is 23.5 Å². The van der Waals surface area contributed by atoms with Gasteiger partial charge in [-0.15, -0.1) is 11.3 Å². The van der Waals surface area contributed by atoms with E-state index < -0.39 is 10.0 Å². The molecule has 3 aromatic rings. The fourth-order valence-corrected chi connectivity index (χ4v) is 6.20. The topological polar surface area (TPSA) is 84.4 Å². The smallest absolute Gasteiger partial charge is 0.252 e. The molecule has 1 aliphatic heterocycles. The normalized spacial score (nSPS) is 15.2. The van der Waals surface area contributed by atoms with Crippen molar-refractivity contribution in [2.75, 3.05) is 25.5 Å². The van der Waals surface area contributed by atoms with Crippen molar-refractivity contribution in [1.29, 1.82) is 0 Å². The summed E-state index contributed by atoms with van der Waals surface area (Å²) in [5, 5.41) is 3.15. The number of aromatic nitrogens is 2. The number of para-hydroxylation sites is 2. The lowest BCUT2D eigenvalue weighted by Crippen LogP contribution is -2.35. The van der Waals surface area contributed by atoms with Gasteiger partial charge < -0.3 is 10.1 Å². The van der Waals surface area contributed by atoms with E-state index in [1.54, 1.807) is 35.8 Å². The minimum absolute atomic E-state index is 0.354. The first kappa shape index (κ1) is 19.8. The fraction of sp³-hybridized carbons (Fsp3) is 0.300. The molecular weight excluding hydrogens is 408 g/mol. The van der Waals surface area contributed by atoms with Crippen molar-refractivity contribution in [3.05, 3.63) is 48.7 Å². The van der Waals surface area contributed by atoms with Crippen LogP contribution in [0.1, 0.15) is 19.3 Å². The predicted octanol–water partition coefficient (Wildman–Crippen LogP) is 4.13. The van der Waals surface area contributed by atoms with Crippen LogP contribution in [0.2, 0.25) is 0 Å². The van der Waals surface area contributed by atoms with Crippen LogP contribution in [0.5, 0.6) is 5.75 Å². The number of benzene rings is 1. The monoisotopic (exact) mass is 430 g/mol. The van der Waals surface area contributed by atoms with Gasteiger partial charge in [0.15, 0.2) is 0 Å². The number of thiophene rings is 1. The molecule has 1 N–H and O–H groups in total. The minimum Gasteiger partial charge on any atom is -0.495 e. The Balaban J connectivity index is 1.58. The number of sulfonamides is 1. The Labute approximate surface area is 174 Å². The molecule has 9 heteroatoms. The summed E-state index contributed by atoms with van der Waals surface area (Å²) in [5.74, 6) is 1.10. The van der Waals surface area contributed by atoms with Crippen molar-refractivity contribution < 1.29 is 13.2 Å². The third kappa shape index (κ3) is 4.26. The van der Waals surface area contributed by atoms with Crippen molar-refractivity contribution in [3.63, 3.8) is 0 Å². The Morgan fingerprint density at radius 2 is 1.86 bits per heavy atom. The van der Waals surface area contributed by atoms with Gasteiger partial charge in [0, 0.05) is 19.3 Å². The number of methoxy groups -OCH3 is 1. The molecule has 1 saturated heterocycles. The highest BCUT2D eigenvalue weighted by Crippen LogP contribution is 2.33. The minimum atomic E-state index is -3.44. The second-order valence-corrected chi connectivity index (χ2v) is 9.92. The van der Waals surface area contributed by atoms with E-state index in [0.29, 0.717) is 34.7 Å². The van der Waals surface area contributed by atoms with Crippen LogP contribution in [0.15, 0.2) is 52.9 Å². The molecule has 4 rings (SSSR count). The molecule has 1 aromatic carbocycles. The van der Waals surface area contributed by atoms with E-state index in [1.807, 2.05) is 24.3 Å². The van der Waals surface area contributed by atoms with Gasteiger partial charge in [-0.2, -0.15) is 4.31 Å². The zero-order valence-corrected chi connectivity index (χ0v) is 17.7. The number of rotatable bonds is 6. The molecule has 7 nitrogen and oxygen atoms in total. The van der Waals surface area contributed by atoms with Crippen LogP contribution >= 0.6 is 11.3 Å². The van der Waals surface area contributed by atoms with Gasteiger partial charge in [0.25, 0.3) is 10.0 Å². The van der Waals surface area contributed by atoms with E-state index in [9.17, 15) is 8.42 Å². The molecule has 0 unspecified atom stereocenters. The third-order valence-corrected chi connectivity index (χ3v) is 8.23.